The summed E-state index contributed by atoms with van der Waals surface area (Å²) in [5.41, 5.74) is 7.32. The third kappa shape index (κ3) is 1.80. The Balaban J connectivity index is 1.58. The first-order valence-electron chi connectivity index (χ1n) is 8.40. The molecule has 4 aliphatic carbocycles. The minimum absolute atomic E-state index is 0.0371. The Morgan fingerprint density at radius 1 is 1.00 bits per heavy atom. The van der Waals surface area contributed by atoms with Gasteiger partial charge in [0.15, 0.2) is 0 Å². The van der Waals surface area contributed by atoms with E-state index in [-0.39, 0.29) is 11.8 Å². The molecule has 108 valence electrons. The van der Waals surface area contributed by atoms with Gasteiger partial charge in [-0.2, -0.15) is 0 Å². The number of rotatable bonds is 1. The van der Waals surface area contributed by atoms with Crippen LogP contribution in [-0.2, 0) is 4.79 Å². The Bertz CT molecular complexity index is 478. The Morgan fingerprint density at radius 3 is 2.60 bits per heavy atom. The maximum atomic E-state index is 11.6. The van der Waals surface area contributed by atoms with Gasteiger partial charge in [-0.05, 0) is 68.6 Å². The van der Waals surface area contributed by atoms with Crippen molar-refractivity contribution in [3.05, 3.63) is 23.8 Å². The van der Waals surface area contributed by atoms with Gasteiger partial charge in [0.05, 0.1) is 0 Å². The lowest BCUT2D eigenvalue weighted by Gasteiger charge is -2.48. The summed E-state index contributed by atoms with van der Waals surface area (Å²) in [7, 11) is 0. The molecule has 6 unspecified atom stereocenters. The van der Waals surface area contributed by atoms with Gasteiger partial charge in [-0.25, -0.2) is 0 Å². The highest BCUT2D eigenvalue weighted by atomic mass is 16.1. The molecule has 0 saturated heterocycles. The molecule has 3 saturated carbocycles. The summed E-state index contributed by atoms with van der Waals surface area (Å²) in [6.45, 7) is 0. The Morgan fingerprint density at radius 2 is 1.75 bits per heavy atom. The molecule has 0 aliphatic heterocycles. The van der Waals surface area contributed by atoms with Gasteiger partial charge in [0.25, 0.3) is 0 Å². The molecule has 6 atom stereocenters. The molecule has 3 fully saturated rings. The molecule has 0 aromatic carbocycles. The molecule has 2 nitrogen and oxygen atoms in total. The highest BCUT2D eigenvalue weighted by Crippen LogP contribution is 2.57. The van der Waals surface area contributed by atoms with Crippen LogP contribution in [0.5, 0.6) is 0 Å². The monoisotopic (exact) mass is 271 g/mol. The molecule has 20 heavy (non-hydrogen) atoms. The van der Waals surface area contributed by atoms with E-state index in [2.05, 4.69) is 18.2 Å². The van der Waals surface area contributed by atoms with Crippen LogP contribution < -0.4 is 5.73 Å². The Hall–Kier alpha value is -1.05. The van der Waals surface area contributed by atoms with E-state index in [9.17, 15) is 4.79 Å². The zero-order valence-electron chi connectivity index (χ0n) is 12.1. The standard InChI is InChI=1S/C18H25NO/c19-18(20)17-10-9-15-14-6-5-11-3-1-2-4-12(11)13(14)7-8-16(15)17/h2-4,12-17H,1,5-10H2,(H2,19,20). The van der Waals surface area contributed by atoms with E-state index in [1.54, 1.807) is 5.57 Å². The van der Waals surface area contributed by atoms with Crippen LogP contribution in [-0.4, -0.2) is 5.91 Å². The van der Waals surface area contributed by atoms with Gasteiger partial charge in [-0.3, -0.25) is 4.79 Å². The summed E-state index contributed by atoms with van der Waals surface area (Å²) < 4.78 is 0. The van der Waals surface area contributed by atoms with Gasteiger partial charge in [0.2, 0.25) is 5.91 Å². The van der Waals surface area contributed by atoms with Crippen LogP contribution in [0.25, 0.3) is 0 Å². The average Bonchev–Trinajstić information content (AvgIpc) is 2.91. The van der Waals surface area contributed by atoms with Crippen LogP contribution in [0.4, 0.5) is 0 Å². The van der Waals surface area contributed by atoms with Gasteiger partial charge in [0, 0.05) is 11.8 Å². The van der Waals surface area contributed by atoms with Gasteiger partial charge in [0.1, 0.15) is 0 Å². The molecule has 2 heteroatoms. The second-order valence-electron chi connectivity index (χ2n) is 7.33. The van der Waals surface area contributed by atoms with Crippen LogP contribution in [0.1, 0.15) is 44.9 Å². The molecule has 0 aromatic heterocycles. The molecule has 0 radical (unpaired) electrons. The van der Waals surface area contributed by atoms with E-state index in [1.807, 2.05) is 0 Å². The van der Waals surface area contributed by atoms with Crippen molar-refractivity contribution in [1.82, 2.24) is 0 Å². The first-order valence-corrected chi connectivity index (χ1v) is 8.40. The minimum Gasteiger partial charge on any atom is -0.369 e. The summed E-state index contributed by atoms with van der Waals surface area (Å²) in [6, 6.07) is 0. The summed E-state index contributed by atoms with van der Waals surface area (Å²) >= 11 is 0. The second-order valence-corrected chi connectivity index (χ2v) is 7.33. The van der Waals surface area contributed by atoms with Crippen molar-refractivity contribution < 1.29 is 4.79 Å². The number of amides is 1. The minimum atomic E-state index is -0.0371. The van der Waals surface area contributed by atoms with Crippen molar-refractivity contribution in [2.24, 2.45) is 41.2 Å². The van der Waals surface area contributed by atoms with E-state index in [4.69, 9.17) is 5.73 Å². The fraction of sp³-hybridized carbons (Fsp3) is 0.722. The van der Waals surface area contributed by atoms with Crippen LogP contribution >= 0.6 is 0 Å². The smallest absolute Gasteiger partial charge is 0.220 e. The average molecular weight is 271 g/mol. The molecule has 0 aromatic rings. The molecule has 0 spiro atoms. The Kier molecular flexibility index (Phi) is 3.01. The zero-order valence-corrected chi connectivity index (χ0v) is 12.1. The third-order valence-electron chi connectivity index (χ3n) is 6.69. The molecule has 0 heterocycles. The first-order chi connectivity index (χ1) is 9.75. The fourth-order valence-electron chi connectivity index (χ4n) is 5.91. The van der Waals surface area contributed by atoms with Crippen LogP contribution in [0.15, 0.2) is 23.8 Å². The SMILES string of the molecule is NC(=O)C1CCC2C1CCC1C3C=CCC=C3CCC12. The molecular weight excluding hydrogens is 246 g/mol. The summed E-state index contributed by atoms with van der Waals surface area (Å²) in [6.07, 6.45) is 15.9. The number of nitrogens with two attached hydrogens (primary N) is 1. The van der Waals surface area contributed by atoms with Gasteiger partial charge < -0.3 is 5.73 Å². The molecule has 0 bridgehead atoms. The molecular formula is C18H25NO. The van der Waals surface area contributed by atoms with E-state index < -0.39 is 0 Å². The van der Waals surface area contributed by atoms with Crippen molar-refractivity contribution in [3.8, 4) is 0 Å². The number of allylic oxidation sites excluding steroid dienone is 4. The summed E-state index contributed by atoms with van der Waals surface area (Å²) in [5, 5.41) is 0. The number of carbonyl (C=O) groups is 1. The topological polar surface area (TPSA) is 43.1 Å². The highest BCUT2D eigenvalue weighted by molar-refractivity contribution is 5.77. The van der Waals surface area contributed by atoms with Gasteiger partial charge in [-0.15, -0.1) is 0 Å². The van der Waals surface area contributed by atoms with E-state index in [1.165, 1.54) is 32.1 Å². The predicted octanol–water partition coefficient (Wildman–Crippen LogP) is 3.44. The number of carbonyl (C=O) groups excluding carboxylic acids is 1. The molecule has 4 aliphatic rings. The second kappa shape index (κ2) is 4.75. The fourth-order valence-corrected chi connectivity index (χ4v) is 5.91. The lowest BCUT2D eigenvalue weighted by Crippen LogP contribution is -2.42. The van der Waals surface area contributed by atoms with Crippen molar-refractivity contribution in [1.29, 1.82) is 0 Å². The maximum Gasteiger partial charge on any atom is 0.220 e. The van der Waals surface area contributed by atoms with Gasteiger partial charge >= 0.3 is 0 Å². The van der Waals surface area contributed by atoms with Gasteiger partial charge in [-0.1, -0.05) is 23.8 Å². The van der Waals surface area contributed by atoms with Crippen LogP contribution in [0, 0.1) is 35.5 Å². The van der Waals surface area contributed by atoms with Crippen molar-refractivity contribution in [3.63, 3.8) is 0 Å². The third-order valence-corrected chi connectivity index (χ3v) is 6.69. The van der Waals surface area contributed by atoms with E-state index in [0.29, 0.717) is 5.92 Å². The van der Waals surface area contributed by atoms with Crippen molar-refractivity contribution in [2.45, 2.75) is 44.9 Å². The largest absolute Gasteiger partial charge is 0.369 e. The molecule has 4 rings (SSSR count). The van der Waals surface area contributed by atoms with E-state index >= 15 is 0 Å². The van der Waals surface area contributed by atoms with E-state index in [0.717, 1.165) is 36.5 Å². The van der Waals surface area contributed by atoms with Crippen molar-refractivity contribution >= 4 is 5.91 Å². The lowest BCUT2D eigenvalue weighted by atomic mass is 9.56. The highest BCUT2D eigenvalue weighted by Gasteiger charge is 2.50. The number of primary amides is 1. The number of hydrogen-bond acceptors (Lipinski definition) is 1. The molecule has 1 amide bonds. The number of hydrogen-bond donors (Lipinski definition) is 1. The maximum absolute atomic E-state index is 11.6. The first kappa shape index (κ1) is 12.7. The normalized spacial score (nSPS) is 46.1. The lowest BCUT2D eigenvalue weighted by molar-refractivity contribution is -0.123. The quantitative estimate of drug-likeness (QED) is 0.729. The predicted molar refractivity (Wildman–Crippen MR) is 79.7 cm³/mol. The zero-order chi connectivity index (χ0) is 13.7. The Labute approximate surface area is 121 Å². The van der Waals surface area contributed by atoms with Crippen LogP contribution in [0.2, 0.25) is 0 Å². The summed E-state index contributed by atoms with van der Waals surface area (Å²) in [4.78, 5) is 11.6. The number of fused-ring (bicyclic) bond motifs is 5. The molecule has 2 N–H and O–H groups in total. The van der Waals surface area contributed by atoms with Crippen LogP contribution in [0.3, 0.4) is 0 Å². The summed E-state index contributed by atoms with van der Waals surface area (Å²) in [5.74, 6) is 3.94. The van der Waals surface area contributed by atoms with Crippen molar-refractivity contribution in [2.75, 3.05) is 0 Å².